The van der Waals surface area contributed by atoms with Crippen LogP contribution in [0.1, 0.15) is 33.1 Å². The summed E-state index contributed by atoms with van der Waals surface area (Å²) in [5.74, 6) is 0.757. The molecule has 1 rings (SSSR count). The molecule has 0 aromatic carbocycles. The number of carbonyl (C=O) groups excluding carboxylic acids is 1. The maximum Gasteiger partial charge on any atom is 0.159 e. The first-order valence-corrected chi connectivity index (χ1v) is 4.47. The highest BCUT2D eigenvalue weighted by atomic mass is 16.3. The van der Waals surface area contributed by atoms with E-state index in [0.717, 1.165) is 24.0 Å². The van der Waals surface area contributed by atoms with E-state index in [2.05, 4.69) is 6.92 Å². The lowest BCUT2D eigenvalue weighted by Gasteiger charge is -2.20. The Bertz CT molecular complexity index is 216. The molecule has 0 aromatic heterocycles. The van der Waals surface area contributed by atoms with E-state index in [-0.39, 0.29) is 12.4 Å². The number of aliphatic hydroxyl groups excluding tert-OH is 1. The van der Waals surface area contributed by atoms with Crippen LogP contribution in [0.2, 0.25) is 0 Å². The highest BCUT2D eigenvalue weighted by Crippen LogP contribution is 2.26. The summed E-state index contributed by atoms with van der Waals surface area (Å²) in [6, 6.07) is 0. The number of rotatable bonds is 1. The molecule has 0 bridgehead atoms. The predicted molar refractivity (Wildman–Crippen MR) is 47.8 cm³/mol. The van der Waals surface area contributed by atoms with E-state index in [0.29, 0.717) is 12.3 Å². The summed E-state index contributed by atoms with van der Waals surface area (Å²) < 4.78 is 0. The smallest absolute Gasteiger partial charge is 0.159 e. The fraction of sp³-hybridized carbons (Fsp3) is 0.700. The number of allylic oxidation sites excluding steroid dienone is 1. The summed E-state index contributed by atoms with van der Waals surface area (Å²) in [4.78, 5) is 11.4. The first kappa shape index (κ1) is 9.46. The second-order valence-electron chi connectivity index (χ2n) is 3.69. The zero-order chi connectivity index (χ0) is 9.14. The van der Waals surface area contributed by atoms with Crippen LogP contribution in [0, 0.1) is 5.92 Å². The molecule has 0 amide bonds. The third-order valence-electron chi connectivity index (χ3n) is 2.51. The molecule has 68 valence electrons. The Hall–Kier alpha value is -0.630. The van der Waals surface area contributed by atoms with E-state index in [1.807, 2.05) is 6.92 Å². The van der Waals surface area contributed by atoms with Crippen LogP contribution in [0.5, 0.6) is 0 Å². The molecule has 1 saturated carbocycles. The maximum absolute atomic E-state index is 11.4. The zero-order valence-electron chi connectivity index (χ0n) is 7.76. The van der Waals surface area contributed by atoms with Crippen molar-refractivity contribution in [1.29, 1.82) is 0 Å². The normalized spacial score (nSPS) is 28.9. The van der Waals surface area contributed by atoms with Crippen LogP contribution in [-0.4, -0.2) is 17.5 Å². The summed E-state index contributed by atoms with van der Waals surface area (Å²) in [7, 11) is 0. The van der Waals surface area contributed by atoms with Crippen molar-refractivity contribution in [2.24, 2.45) is 5.92 Å². The molecular formula is C10H16O2. The molecule has 1 N–H and O–H groups in total. The second kappa shape index (κ2) is 3.85. The monoisotopic (exact) mass is 168 g/mol. The van der Waals surface area contributed by atoms with Gasteiger partial charge >= 0.3 is 0 Å². The van der Waals surface area contributed by atoms with Gasteiger partial charge in [0.15, 0.2) is 5.78 Å². The van der Waals surface area contributed by atoms with Gasteiger partial charge in [-0.25, -0.2) is 0 Å². The first-order valence-electron chi connectivity index (χ1n) is 4.47. The fourth-order valence-corrected chi connectivity index (χ4v) is 1.62. The average molecular weight is 168 g/mol. The molecule has 1 aliphatic rings. The molecule has 0 radical (unpaired) electrons. The summed E-state index contributed by atoms with van der Waals surface area (Å²) in [5, 5.41) is 8.86. The molecule has 1 aliphatic carbocycles. The molecule has 2 heteroatoms. The molecule has 1 atom stereocenters. The van der Waals surface area contributed by atoms with Crippen LogP contribution < -0.4 is 0 Å². The molecular weight excluding hydrogens is 152 g/mol. The number of ketones is 1. The van der Waals surface area contributed by atoms with Crippen LogP contribution in [0.25, 0.3) is 0 Å². The van der Waals surface area contributed by atoms with Crippen LogP contribution in [0.15, 0.2) is 11.1 Å². The SMILES string of the molecule is C/C(CO)=C1/CC[C@H](C)CC1=O. The third kappa shape index (κ3) is 1.95. The molecule has 0 spiro atoms. The summed E-state index contributed by atoms with van der Waals surface area (Å²) >= 11 is 0. The Balaban J connectivity index is 2.75. The highest BCUT2D eigenvalue weighted by molar-refractivity contribution is 5.96. The van der Waals surface area contributed by atoms with E-state index in [4.69, 9.17) is 5.11 Å². The van der Waals surface area contributed by atoms with Gasteiger partial charge in [-0.15, -0.1) is 0 Å². The summed E-state index contributed by atoms with van der Waals surface area (Å²) in [6.07, 6.45) is 2.59. The minimum Gasteiger partial charge on any atom is -0.392 e. The second-order valence-corrected chi connectivity index (χ2v) is 3.69. The van der Waals surface area contributed by atoms with Crippen molar-refractivity contribution in [2.75, 3.05) is 6.61 Å². The van der Waals surface area contributed by atoms with Crippen molar-refractivity contribution < 1.29 is 9.90 Å². The van der Waals surface area contributed by atoms with E-state index in [9.17, 15) is 4.79 Å². The van der Waals surface area contributed by atoms with Crippen LogP contribution in [-0.2, 0) is 4.79 Å². The molecule has 1 fully saturated rings. The average Bonchev–Trinajstić information content (AvgIpc) is 2.03. The lowest BCUT2D eigenvalue weighted by Crippen LogP contribution is -2.17. The number of aliphatic hydroxyl groups is 1. The van der Waals surface area contributed by atoms with Crippen molar-refractivity contribution >= 4 is 5.78 Å². The van der Waals surface area contributed by atoms with E-state index < -0.39 is 0 Å². The van der Waals surface area contributed by atoms with Gasteiger partial charge in [-0.3, -0.25) is 4.79 Å². The highest BCUT2D eigenvalue weighted by Gasteiger charge is 2.21. The lowest BCUT2D eigenvalue weighted by atomic mass is 9.84. The third-order valence-corrected chi connectivity index (χ3v) is 2.51. The fourth-order valence-electron chi connectivity index (χ4n) is 1.62. The minimum atomic E-state index is 0.0233. The Morgan fingerprint density at radius 2 is 2.33 bits per heavy atom. The van der Waals surface area contributed by atoms with Gasteiger partial charge in [-0.1, -0.05) is 6.92 Å². The standard InChI is InChI=1S/C10H16O2/c1-7-3-4-9(8(2)6-11)10(12)5-7/h7,11H,3-6H2,1-2H3/b9-8+/t7-/m0/s1. The van der Waals surface area contributed by atoms with Gasteiger partial charge in [-0.2, -0.15) is 0 Å². The Morgan fingerprint density at radius 1 is 1.67 bits per heavy atom. The summed E-state index contributed by atoms with van der Waals surface area (Å²) in [6.45, 7) is 3.96. The quantitative estimate of drug-likeness (QED) is 0.605. The predicted octanol–water partition coefficient (Wildman–Crippen LogP) is 1.68. The lowest BCUT2D eigenvalue weighted by molar-refractivity contribution is -0.117. The van der Waals surface area contributed by atoms with Gasteiger partial charge in [0.05, 0.1) is 6.61 Å². The summed E-state index contributed by atoms with van der Waals surface area (Å²) in [5.41, 5.74) is 1.72. The number of hydrogen-bond donors (Lipinski definition) is 1. The van der Waals surface area contributed by atoms with Crippen molar-refractivity contribution in [1.82, 2.24) is 0 Å². The number of hydrogen-bond acceptors (Lipinski definition) is 2. The van der Waals surface area contributed by atoms with E-state index in [1.165, 1.54) is 0 Å². The van der Waals surface area contributed by atoms with Gasteiger partial charge in [-0.05, 0) is 36.8 Å². The van der Waals surface area contributed by atoms with Gasteiger partial charge < -0.3 is 5.11 Å². The van der Waals surface area contributed by atoms with Gasteiger partial charge in [0.25, 0.3) is 0 Å². The molecule has 12 heavy (non-hydrogen) atoms. The topological polar surface area (TPSA) is 37.3 Å². The van der Waals surface area contributed by atoms with Crippen LogP contribution in [0.3, 0.4) is 0 Å². The van der Waals surface area contributed by atoms with Gasteiger partial charge in [0, 0.05) is 6.42 Å². The molecule has 0 aliphatic heterocycles. The van der Waals surface area contributed by atoms with Gasteiger partial charge in [0.1, 0.15) is 0 Å². The maximum atomic E-state index is 11.4. The van der Waals surface area contributed by atoms with Crippen molar-refractivity contribution in [3.63, 3.8) is 0 Å². The van der Waals surface area contributed by atoms with Crippen molar-refractivity contribution in [2.45, 2.75) is 33.1 Å². The molecule has 0 heterocycles. The largest absolute Gasteiger partial charge is 0.392 e. The van der Waals surface area contributed by atoms with Crippen molar-refractivity contribution in [3.05, 3.63) is 11.1 Å². The van der Waals surface area contributed by atoms with Crippen molar-refractivity contribution in [3.8, 4) is 0 Å². The Kier molecular flexibility index (Phi) is 3.04. The number of carbonyl (C=O) groups is 1. The van der Waals surface area contributed by atoms with Gasteiger partial charge in [0.2, 0.25) is 0 Å². The first-order chi connectivity index (χ1) is 5.65. The Morgan fingerprint density at radius 3 is 2.83 bits per heavy atom. The zero-order valence-corrected chi connectivity index (χ0v) is 7.76. The number of Topliss-reactive ketones (excluding diaryl/α,β-unsaturated/α-hetero) is 1. The van der Waals surface area contributed by atoms with E-state index in [1.54, 1.807) is 0 Å². The molecule has 0 saturated heterocycles. The molecule has 0 aromatic rings. The van der Waals surface area contributed by atoms with Crippen LogP contribution in [0.4, 0.5) is 0 Å². The molecule has 2 nitrogen and oxygen atoms in total. The van der Waals surface area contributed by atoms with Crippen LogP contribution >= 0.6 is 0 Å². The van der Waals surface area contributed by atoms with E-state index >= 15 is 0 Å². The molecule has 0 unspecified atom stereocenters. The minimum absolute atomic E-state index is 0.0233. The Labute approximate surface area is 73.3 Å².